The van der Waals surface area contributed by atoms with Crippen LogP contribution in [-0.2, 0) is 36.9 Å². The first-order valence-electron chi connectivity index (χ1n) is 16.4. The summed E-state index contributed by atoms with van der Waals surface area (Å²) in [5.74, 6) is 0.306. The quantitative estimate of drug-likeness (QED) is 0.0796. The van der Waals surface area contributed by atoms with Gasteiger partial charge < -0.3 is 29.4 Å². The normalized spacial score (nSPS) is 11.7. The number of nitrogens with zero attached hydrogens (tertiary/aromatic N) is 2. The number of aromatic nitrogens is 2. The second-order valence-electron chi connectivity index (χ2n) is 11.7. The molecule has 10 nitrogen and oxygen atoms in total. The third-order valence-corrected chi connectivity index (χ3v) is 8.69. The molecule has 0 fully saturated rings. The van der Waals surface area contributed by atoms with Gasteiger partial charge in [0.15, 0.2) is 0 Å². The molecule has 0 bridgehead atoms. The summed E-state index contributed by atoms with van der Waals surface area (Å²) in [6, 6.07) is 24.3. The molecule has 0 aliphatic carbocycles. The van der Waals surface area contributed by atoms with Gasteiger partial charge in [0.2, 0.25) is 5.91 Å². The SMILES string of the molecule is COC(=O)[C@H](Cc1ccc(N(CCCl)CCCl)cc1)NC(=O)CCCC(=O)OCc1cc2c([nH]c3ccccc32)c(-c2ccc(OC)cc2)n1. The van der Waals surface area contributed by atoms with E-state index in [-0.39, 0.29) is 38.2 Å². The molecule has 2 aromatic heterocycles. The average Bonchev–Trinajstić information content (AvgIpc) is 3.52. The van der Waals surface area contributed by atoms with Gasteiger partial charge in [-0.3, -0.25) is 9.59 Å². The molecule has 0 saturated carbocycles. The van der Waals surface area contributed by atoms with Gasteiger partial charge >= 0.3 is 11.9 Å². The summed E-state index contributed by atoms with van der Waals surface area (Å²) in [6.45, 7) is 1.29. The zero-order valence-corrected chi connectivity index (χ0v) is 29.6. The number of aromatic amines is 1. The van der Waals surface area contributed by atoms with Crippen LogP contribution in [0.25, 0.3) is 33.1 Å². The van der Waals surface area contributed by atoms with Crippen LogP contribution in [0.15, 0.2) is 78.9 Å². The number of carbonyl (C=O) groups is 3. The topological polar surface area (TPSA) is 123 Å². The van der Waals surface area contributed by atoms with Crippen LogP contribution in [0.2, 0.25) is 0 Å². The molecule has 0 radical (unpaired) electrons. The number of alkyl halides is 2. The number of amides is 1. The molecule has 0 aliphatic rings. The molecule has 5 aromatic rings. The van der Waals surface area contributed by atoms with E-state index in [9.17, 15) is 14.4 Å². The highest BCUT2D eigenvalue weighted by Crippen LogP contribution is 2.33. The van der Waals surface area contributed by atoms with Crippen molar-refractivity contribution < 1.29 is 28.6 Å². The number of carbonyl (C=O) groups excluding carboxylic acids is 3. The lowest BCUT2D eigenvalue weighted by Crippen LogP contribution is -2.43. The van der Waals surface area contributed by atoms with Crippen molar-refractivity contribution in [1.29, 1.82) is 0 Å². The third-order valence-electron chi connectivity index (χ3n) is 8.35. The Labute approximate surface area is 301 Å². The van der Waals surface area contributed by atoms with Crippen molar-refractivity contribution in [3.8, 4) is 17.0 Å². The van der Waals surface area contributed by atoms with Gasteiger partial charge in [0.05, 0.1) is 31.1 Å². The molecule has 2 N–H and O–H groups in total. The minimum atomic E-state index is -0.877. The molecule has 1 atom stereocenters. The van der Waals surface area contributed by atoms with Gasteiger partial charge in [-0.05, 0) is 60.5 Å². The van der Waals surface area contributed by atoms with Crippen LogP contribution in [0.1, 0.15) is 30.5 Å². The van der Waals surface area contributed by atoms with E-state index in [4.69, 9.17) is 42.4 Å². The number of methoxy groups -OCH3 is 2. The number of esters is 2. The van der Waals surface area contributed by atoms with E-state index in [0.717, 1.165) is 50.1 Å². The molecule has 262 valence electrons. The maximum Gasteiger partial charge on any atom is 0.328 e. The summed E-state index contributed by atoms with van der Waals surface area (Å²) in [5, 5.41) is 4.76. The van der Waals surface area contributed by atoms with Crippen molar-refractivity contribution >= 4 is 68.5 Å². The second kappa shape index (κ2) is 17.7. The monoisotopic (exact) mass is 718 g/mol. The zero-order chi connectivity index (χ0) is 35.5. The summed E-state index contributed by atoms with van der Waals surface area (Å²) >= 11 is 11.9. The van der Waals surface area contributed by atoms with Gasteiger partial charge in [-0.25, -0.2) is 9.78 Å². The number of ether oxygens (including phenoxy) is 3. The first-order valence-corrected chi connectivity index (χ1v) is 17.4. The first kappa shape index (κ1) is 36.5. The largest absolute Gasteiger partial charge is 0.497 e. The van der Waals surface area contributed by atoms with E-state index in [1.807, 2.05) is 78.9 Å². The number of rotatable bonds is 17. The van der Waals surface area contributed by atoms with Crippen LogP contribution in [-0.4, -0.2) is 72.9 Å². The van der Waals surface area contributed by atoms with E-state index in [1.165, 1.54) is 7.11 Å². The first-order chi connectivity index (χ1) is 24.3. The molecule has 0 unspecified atom stereocenters. The number of benzene rings is 3. The zero-order valence-electron chi connectivity index (χ0n) is 28.0. The Morgan fingerprint density at radius 3 is 2.30 bits per heavy atom. The molecule has 50 heavy (non-hydrogen) atoms. The van der Waals surface area contributed by atoms with Gasteiger partial charge in [-0.15, -0.1) is 23.2 Å². The van der Waals surface area contributed by atoms with Crippen molar-refractivity contribution in [1.82, 2.24) is 15.3 Å². The van der Waals surface area contributed by atoms with E-state index in [0.29, 0.717) is 30.5 Å². The Morgan fingerprint density at radius 1 is 0.900 bits per heavy atom. The Hall–Kier alpha value is -4.80. The summed E-state index contributed by atoms with van der Waals surface area (Å²) in [4.78, 5) is 48.5. The van der Waals surface area contributed by atoms with E-state index in [2.05, 4.69) is 15.2 Å². The van der Waals surface area contributed by atoms with E-state index < -0.39 is 18.0 Å². The molecular formula is C38H40Cl2N4O6. The highest BCUT2D eigenvalue weighted by molar-refractivity contribution is 6.18. The van der Waals surface area contributed by atoms with Crippen LogP contribution >= 0.6 is 23.2 Å². The minimum Gasteiger partial charge on any atom is -0.497 e. The Balaban J connectivity index is 1.17. The van der Waals surface area contributed by atoms with E-state index in [1.54, 1.807) is 7.11 Å². The van der Waals surface area contributed by atoms with Gasteiger partial charge in [0.1, 0.15) is 18.4 Å². The number of fused-ring (bicyclic) bond motifs is 3. The number of hydrogen-bond donors (Lipinski definition) is 2. The molecular weight excluding hydrogens is 679 g/mol. The molecule has 0 saturated heterocycles. The number of halogens is 2. The number of H-pyrrole nitrogens is 1. The van der Waals surface area contributed by atoms with Crippen LogP contribution in [0, 0.1) is 0 Å². The van der Waals surface area contributed by atoms with Crippen LogP contribution < -0.4 is 15.0 Å². The lowest BCUT2D eigenvalue weighted by Gasteiger charge is -2.23. The van der Waals surface area contributed by atoms with Crippen molar-refractivity contribution in [2.24, 2.45) is 0 Å². The number of pyridine rings is 1. The average molecular weight is 720 g/mol. The molecule has 0 spiro atoms. The number of hydrogen-bond acceptors (Lipinski definition) is 8. The summed E-state index contributed by atoms with van der Waals surface area (Å²) < 4.78 is 15.9. The Kier molecular flexibility index (Phi) is 12.9. The molecule has 0 aliphatic heterocycles. The Bertz CT molecular complexity index is 1910. The molecule has 12 heteroatoms. The van der Waals surface area contributed by atoms with Crippen molar-refractivity contribution in [3.05, 3.63) is 90.1 Å². The molecule has 5 rings (SSSR count). The van der Waals surface area contributed by atoms with Gasteiger partial charge in [-0.2, -0.15) is 0 Å². The highest BCUT2D eigenvalue weighted by atomic mass is 35.5. The number of para-hydroxylation sites is 1. The van der Waals surface area contributed by atoms with Crippen molar-refractivity contribution in [3.63, 3.8) is 0 Å². The molecule has 2 heterocycles. The smallest absolute Gasteiger partial charge is 0.328 e. The van der Waals surface area contributed by atoms with Gasteiger partial charge in [-0.1, -0.05) is 30.3 Å². The standard InChI is InChI=1S/C38H40Cl2N4O6/c1-48-29-16-12-26(13-17-29)36-37-31(30-6-3-4-7-32(30)43-37)23-27(41-36)24-50-35(46)9-5-8-34(45)42-33(38(47)49-2)22-25-10-14-28(15-11-25)44(20-18-39)21-19-40/h3-4,6-7,10-17,23,33,43H,5,8-9,18-22,24H2,1-2H3,(H,42,45)/t33-/m0/s1. The predicted molar refractivity (Wildman–Crippen MR) is 197 cm³/mol. The molecule has 3 aromatic carbocycles. The van der Waals surface area contributed by atoms with Crippen LogP contribution in [0.5, 0.6) is 5.75 Å². The second-order valence-corrected chi connectivity index (χ2v) is 12.4. The number of anilines is 1. The predicted octanol–water partition coefficient (Wildman–Crippen LogP) is 6.79. The number of nitrogens with one attached hydrogen (secondary N) is 2. The third kappa shape index (κ3) is 9.25. The molecule has 1 amide bonds. The van der Waals surface area contributed by atoms with Gasteiger partial charge in [0.25, 0.3) is 0 Å². The highest BCUT2D eigenvalue weighted by Gasteiger charge is 2.22. The van der Waals surface area contributed by atoms with Crippen LogP contribution in [0.3, 0.4) is 0 Å². The lowest BCUT2D eigenvalue weighted by molar-refractivity contribution is -0.146. The fraction of sp³-hybridized carbons (Fsp3) is 0.316. The summed E-state index contributed by atoms with van der Waals surface area (Å²) in [5.41, 5.74) is 5.90. The lowest BCUT2D eigenvalue weighted by atomic mass is 10.0. The fourth-order valence-corrected chi connectivity index (χ4v) is 6.21. The van der Waals surface area contributed by atoms with Gasteiger partial charge in [0, 0.05) is 71.7 Å². The van der Waals surface area contributed by atoms with Crippen LogP contribution in [0.4, 0.5) is 5.69 Å². The summed E-state index contributed by atoms with van der Waals surface area (Å²) in [7, 11) is 2.90. The van der Waals surface area contributed by atoms with Crippen molar-refractivity contribution in [2.45, 2.75) is 38.3 Å². The maximum atomic E-state index is 12.8. The fourth-order valence-electron chi connectivity index (χ4n) is 5.80. The summed E-state index contributed by atoms with van der Waals surface area (Å²) in [6.07, 6.45) is 0.558. The van der Waals surface area contributed by atoms with Crippen molar-refractivity contribution in [2.75, 3.05) is 44.0 Å². The minimum absolute atomic E-state index is 0.0254. The maximum absolute atomic E-state index is 12.8. The van der Waals surface area contributed by atoms with E-state index >= 15 is 0 Å². The Morgan fingerprint density at radius 2 is 1.62 bits per heavy atom.